The van der Waals surface area contributed by atoms with E-state index in [1.165, 1.54) is 11.6 Å². The van der Waals surface area contributed by atoms with Crippen LogP contribution in [-0.2, 0) is 11.3 Å². The van der Waals surface area contributed by atoms with Gasteiger partial charge in [0.25, 0.3) is 5.56 Å². The largest absolute Gasteiger partial charge is 0.354 e. The minimum Gasteiger partial charge on any atom is -0.354 e. The van der Waals surface area contributed by atoms with Crippen molar-refractivity contribution >= 4 is 11.9 Å². The lowest BCUT2D eigenvalue weighted by atomic mass is 10.2. The van der Waals surface area contributed by atoms with Gasteiger partial charge >= 0.3 is 0 Å². The lowest BCUT2D eigenvalue weighted by Crippen LogP contribution is -2.30. The van der Waals surface area contributed by atoms with Crippen molar-refractivity contribution in [3.05, 3.63) is 39.1 Å². The number of nitrogens with zero attached hydrogens (tertiary/aromatic N) is 3. The Kier molecular flexibility index (Phi) is 5.73. The van der Waals surface area contributed by atoms with Crippen LogP contribution in [0.2, 0.25) is 0 Å². The van der Waals surface area contributed by atoms with Crippen LogP contribution in [0.15, 0.2) is 10.9 Å². The molecule has 0 bridgehead atoms. The number of H-pyrrole nitrogens is 1. The highest BCUT2D eigenvalue weighted by Crippen LogP contribution is 2.11. The summed E-state index contributed by atoms with van der Waals surface area (Å²) in [4.78, 5) is 29.9. The standard InChI is InChI=1S/C16H24N6O2/c1-10-9-15(24)20-16(19-10)18-7-6-17-14(23)5-8-22-13(4)11(2)12(3)21-22/h9H,5-8H2,1-4H3,(H,17,23)(H2,18,19,20,24). The molecule has 2 rings (SSSR count). The second-order valence-electron chi connectivity index (χ2n) is 5.78. The highest BCUT2D eigenvalue weighted by molar-refractivity contribution is 5.75. The number of hydrogen-bond donors (Lipinski definition) is 3. The summed E-state index contributed by atoms with van der Waals surface area (Å²) in [5.41, 5.74) is 3.70. The van der Waals surface area contributed by atoms with Crippen LogP contribution >= 0.6 is 0 Å². The SMILES string of the molecule is Cc1cc(=O)[nH]c(NCCNC(=O)CCn2nc(C)c(C)c2C)n1. The molecule has 0 radical (unpaired) electrons. The average molecular weight is 332 g/mol. The normalized spacial score (nSPS) is 10.7. The number of carbonyl (C=O) groups excluding carboxylic acids is 1. The molecule has 0 fully saturated rings. The number of aromatic nitrogens is 4. The first-order valence-electron chi connectivity index (χ1n) is 7.96. The first kappa shape index (κ1) is 17.7. The molecule has 2 heterocycles. The summed E-state index contributed by atoms with van der Waals surface area (Å²) >= 11 is 0. The van der Waals surface area contributed by atoms with E-state index in [1.807, 2.05) is 25.5 Å². The van der Waals surface area contributed by atoms with Crippen molar-refractivity contribution in [2.75, 3.05) is 18.4 Å². The summed E-state index contributed by atoms with van der Waals surface area (Å²) in [7, 11) is 0. The minimum absolute atomic E-state index is 0.0345. The van der Waals surface area contributed by atoms with E-state index in [0.29, 0.717) is 37.7 Å². The minimum atomic E-state index is -0.200. The van der Waals surface area contributed by atoms with Gasteiger partial charge in [0.2, 0.25) is 11.9 Å². The summed E-state index contributed by atoms with van der Waals surface area (Å²) in [5.74, 6) is 0.375. The van der Waals surface area contributed by atoms with Gasteiger partial charge in [0, 0.05) is 43.5 Å². The van der Waals surface area contributed by atoms with E-state index in [9.17, 15) is 9.59 Å². The van der Waals surface area contributed by atoms with E-state index < -0.39 is 0 Å². The molecule has 0 aliphatic heterocycles. The van der Waals surface area contributed by atoms with Crippen molar-refractivity contribution in [3.8, 4) is 0 Å². The maximum atomic E-state index is 11.9. The third-order valence-electron chi connectivity index (χ3n) is 3.90. The average Bonchev–Trinajstić information content (AvgIpc) is 2.76. The third kappa shape index (κ3) is 4.68. The molecule has 24 heavy (non-hydrogen) atoms. The maximum Gasteiger partial charge on any atom is 0.252 e. The molecule has 2 aromatic rings. The van der Waals surface area contributed by atoms with Gasteiger partial charge < -0.3 is 10.6 Å². The van der Waals surface area contributed by atoms with Crippen LogP contribution in [0, 0.1) is 27.7 Å². The summed E-state index contributed by atoms with van der Waals surface area (Å²) in [6.07, 6.45) is 0.376. The number of aryl methyl sites for hydroxylation is 3. The lowest BCUT2D eigenvalue weighted by molar-refractivity contribution is -0.121. The van der Waals surface area contributed by atoms with Gasteiger partial charge in [-0.15, -0.1) is 0 Å². The van der Waals surface area contributed by atoms with Crippen LogP contribution in [0.1, 0.15) is 29.1 Å². The van der Waals surface area contributed by atoms with Crippen LogP contribution in [-0.4, -0.2) is 38.7 Å². The number of anilines is 1. The zero-order valence-electron chi connectivity index (χ0n) is 14.6. The van der Waals surface area contributed by atoms with Gasteiger partial charge in [-0.25, -0.2) is 4.98 Å². The Balaban J connectivity index is 1.71. The number of rotatable bonds is 7. The molecule has 0 aliphatic rings. The fourth-order valence-corrected chi connectivity index (χ4v) is 2.35. The van der Waals surface area contributed by atoms with Crippen LogP contribution in [0.25, 0.3) is 0 Å². The number of nitrogens with one attached hydrogen (secondary N) is 3. The fraction of sp³-hybridized carbons (Fsp3) is 0.500. The predicted molar refractivity (Wildman–Crippen MR) is 92.1 cm³/mol. The summed E-state index contributed by atoms with van der Waals surface area (Å²) in [5, 5.41) is 10.2. The Morgan fingerprint density at radius 3 is 2.62 bits per heavy atom. The molecule has 2 aromatic heterocycles. The number of carbonyl (C=O) groups is 1. The van der Waals surface area contributed by atoms with E-state index in [1.54, 1.807) is 6.92 Å². The van der Waals surface area contributed by atoms with E-state index in [4.69, 9.17) is 0 Å². The molecule has 0 unspecified atom stereocenters. The van der Waals surface area contributed by atoms with Crippen LogP contribution < -0.4 is 16.2 Å². The molecule has 8 heteroatoms. The van der Waals surface area contributed by atoms with Gasteiger partial charge in [0.05, 0.1) is 5.69 Å². The Morgan fingerprint density at radius 1 is 1.25 bits per heavy atom. The van der Waals surface area contributed by atoms with Crippen molar-refractivity contribution in [2.45, 2.75) is 40.7 Å². The molecule has 0 saturated heterocycles. The number of aromatic amines is 1. The molecule has 0 aromatic carbocycles. The van der Waals surface area contributed by atoms with Crippen molar-refractivity contribution in [3.63, 3.8) is 0 Å². The maximum absolute atomic E-state index is 11.9. The molecule has 3 N–H and O–H groups in total. The monoisotopic (exact) mass is 332 g/mol. The smallest absolute Gasteiger partial charge is 0.252 e. The van der Waals surface area contributed by atoms with E-state index in [0.717, 1.165) is 11.4 Å². The van der Waals surface area contributed by atoms with Gasteiger partial charge in [-0.05, 0) is 33.3 Å². The van der Waals surface area contributed by atoms with Crippen molar-refractivity contribution in [1.82, 2.24) is 25.1 Å². The van der Waals surface area contributed by atoms with Gasteiger partial charge in [-0.3, -0.25) is 19.3 Å². The van der Waals surface area contributed by atoms with Gasteiger partial charge in [-0.2, -0.15) is 5.10 Å². The predicted octanol–water partition coefficient (Wildman–Crippen LogP) is 0.818. The molecule has 0 spiro atoms. The Hall–Kier alpha value is -2.64. The third-order valence-corrected chi connectivity index (χ3v) is 3.90. The van der Waals surface area contributed by atoms with Crippen LogP contribution in [0.5, 0.6) is 0 Å². The van der Waals surface area contributed by atoms with Gasteiger partial charge in [-0.1, -0.05) is 0 Å². The topological polar surface area (TPSA) is 105 Å². The summed E-state index contributed by atoms with van der Waals surface area (Å²) in [6.45, 7) is 9.25. The van der Waals surface area contributed by atoms with E-state index >= 15 is 0 Å². The highest BCUT2D eigenvalue weighted by Gasteiger charge is 2.08. The van der Waals surface area contributed by atoms with E-state index in [2.05, 4.69) is 25.7 Å². The van der Waals surface area contributed by atoms with Gasteiger partial charge in [0.15, 0.2) is 0 Å². The van der Waals surface area contributed by atoms with Crippen LogP contribution in [0.4, 0.5) is 5.95 Å². The second kappa shape index (κ2) is 7.76. The summed E-state index contributed by atoms with van der Waals surface area (Å²) in [6, 6.07) is 1.42. The highest BCUT2D eigenvalue weighted by atomic mass is 16.1. The molecule has 0 atom stereocenters. The summed E-state index contributed by atoms with van der Waals surface area (Å²) < 4.78 is 1.86. The molecular formula is C16H24N6O2. The van der Waals surface area contributed by atoms with Crippen molar-refractivity contribution in [2.24, 2.45) is 0 Å². The van der Waals surface area contributed by atoms with Crippen LogP contribution in [0.3, 0.4) is 0 Å². The van der Waals surface area contributed by atoms with Crippen molar-refractivity contribution in [1.29, 1.82) is 0 Å². The molecular weight excluding hydrogens is 308 g/mol. The quantitative estimate of drug-likeness (QED) is 0.651. The molecule has 1 amide bonds. The number of amides is 1. The van der Waals surface area contributed by atoms with Crippen molar-refractivity contribution < 1.29 is 4.79 Å². The Labute approximate surface area is 140 Å². The molecule has 0 saturated carbocycles. The second-order valence-corrected chi connectivity index (χ2v) is 5.78. The zero-order valence-corrected chi connectivity index (χ0v) is 14.6. The Morgan fingerprint density at radius 2 is 2.00 bits per heavy atom. The first-order valence-corrected chi connectivity index (χ1v) is 7.96. The number of hydrogen-bond acceptors (Lipinski definition) is 5. The zero-order chi connectivity index (χ0) is 17.7. The Bertz CT molecular complexity index is 777. The van der Waals surface area contributed by atoms with Gasteiger partial charge in [0.1, 0.15) is 0 Å². The molecule has 8 nitrogen and oxygen atoms in total. The van der Waals surface area contributed by atoms with E-state index in [-0.39, 0.29) is 11.5 Å². The lowest BCUT2D eigenvalue weighted by Gasteiger charge is -2.08. The first-order chi connectivity index (χ1) is 11.4. The fourth-order valence-electron chi connectivity index (χ4n) is 2.35. The molecule has 0 aliphatic carbocycles. The molecule has 130 valence electrons.